The maximum Gasteiger partial charge on any atom is 0.182 e. The van der Waals surface area contributed by atoms with Crippen LogP contribution in [0.15, 0.2) is 36.0 Å². The lowest BCUT2D eigenvalue weighted by Gasteiger charge is -2.15. The van der Waals surface area contributed by atoms with E-state index in [1.165, 1.54) is 11.3 Å². The highest BCUT2D eigenvalue weighted by Gasteiger charge is 2.18. The number of fused-ring (bicyclic) bond motifs is 1. The molecule has 154 valence electrons. The van der Waals surface area contributed by atoms with Gasteiger partial charge in [-0.05, 0) is 39.0 Å². The van der Waals surface area contributed by atoms with Crippen molar-refractivity contribution in [3.05, 3.63) is 46.5 Å². The second kappa shape index (κ2) is 8.49. The van der Waals surface area contributed by atoms with Gasteiger partial charge in [0.2, 0.25) is 0 Å². The van der Waals surface area contributed by atoms with Gasteiger partial charge in [-0.2, -0.15) is 0 Å². The molecule has 0 aliphatic carbocycles. The number of Topliss-reactive ketones (excluding diaryl/α,β-unsaturated/α-hetero) is 1. The Morgan fingerprint density at radius 1 is 1.20 bits per heavy atom. The summed E-state index contributed by atoms with van der Waals surface area (Å²) in [6.45, 7) is 7.99. The number of nitrogens with one attached hydrogen (secondary N) is 2. The second-order valence-electron chi connectivity index (χ2n) is 7.27. The van der Waals surface area contributed by atoms with E-state index in [1.807, 2.05) is 43.8 Å². The number of pyridine rings is 1. The Hall–Kier alpha value is -2.84. The summed E-state index contributed by atoms with van der Waals surface area (Å²) in [5, 5.41) is 7.67. The van der Waals surface area contributed by atoms with Crippen molar-refractivity contribution >= 4 is 55.9 Å². The zero-order valence-electron chi connectivity index (χ0n) is 17.3. The summed E-state index contributed by atoms with van der Waals surface area (Å²) in [4.78, 5) is 26.7. The number of carbonyl (C=O) groups is 1. The van der Waals surface area contributed by atoms with Gasteiger partial charge in [0.25, 0.3) is 0 Å². The molecule has 2 N–H and O–H groups in total. The fourth-order valence-corrected chi connectivity index (χ4v) is 4.82. The van der Waals surface area contributed by atoms with Crippen LogP contribution in [0.3, 0.4) is 0 Å². The molecule has 3 aromatic heterocycles. The van der Waals surface area contributed by atoms with Gasteiger partial charge < -0.3 is 10.6 Å². The van der Waals surface area contributed by atoms with Gasteiger partial charge in [0, 0.05) is 41.0 Å². The lowest BCUT2D eigenvalue weighted by atomic mass is 10.2. The summed E-state index contributed by atoms with van der Waals surface area (Å²) in [5.41, 5.74) is 6.20. The molecule has 1 aromatic carbocycles. The zero-order valence-corrected chi connectivity index (χ0v) is 18.9. The molecule has 0 atom stereocenters. The monoisotopic (exact) mass is 437 g/mol. The van der Waals surface area contributed by atoms with E-state index in [0.29, 0.717) is 12.1 Å². The third-order valence-corrected chi connectivity index (χ3v) is 6.36. The lowest BCUT2D eigenvalue weighted by Crippen LogP contribution is -2.11. The minimum Gasteiger partial charge on any atom is -0.382 e. The largest absolute Gasteiger partial charge is 0.382 e. The van der Waals surface area contributed by atoms with E-state index in [2.05, 4.69) is 45.5 Å². The molecule has 0 saturated carbocycles. The average molecular weight is 438 g/mol. The van der Waals surface area contributed by atoms with Crippen molar-refractivity contribution < 1.29 is 4.79 Å². The van der Waals surface area contributed by atoms with Gasteiger partial charge in [0.15, 0.2) is 5.78 Å². The normalized spacial score (nSPS) is 11.2. The van der Waals surface area contributed by atoms with E-state index >= 15 is 0 Å². The number of rotatable bonds is 7. The smallest absolute Gasteiger partial charge is 0.182 e. The Morgan fingerprint density at radius 2 is 2.03 bits per heavy atom. The molecule has 0 spiro atoms. The maximum absolute atomic E-state index is 12.2. The average Bonchev–Trinajstić information content (AvgIpc) is 3.33. The van der Waals surface area contributed by atoms with Crippen molar-refractivity contribution in [2.24, 2.45) is 0 Å². The number of hydrogen-bond donors (Lipinski definition) is 2. The molecule has 6 nitrogen and oxygen atoms in total. The van der Waals surface area contributed by atoms with Gasteiger partial charge >= 0.3 is 0 Å². The van der Waals surface area contributed by atoms with Crippen molar-refractivity contribution in [3.8, 4) is 10.6 Å². The van der Waals surface area contributed by atoms with E-state index in [-0.39, 0.29) is 11.8 Å². The van der Waals surface area contributed by atoms with Crippen LogP contribution < -0.4 is 10.6 Å². The maximum atomic E-state index is 12.2. The summed E-state index contributed by atoms with van der Waals surface area (Å²) < 4.78 is 1.13. The number of carbonyl (C=O) groups excluding carboxylic acids is 1. The predicted octanol–water partition coefficient (Wildman–Crippen LogP) is 6.28. The van der Waals surface area contributed by atoms with Crippen LogP contribution in [-0.2, 0) is 0 Å². The number of aromatic nitrogens is 3. The van der Waals surface area contributed by atoms with Crippen LogP contribution >= 0.6 is 22.7 Å². The summed E-state index contributed by atoms with van der Waals surface area (Å²) in [6, 6.07) is 8.31. The number of nitrogens with zero attached hydrogens (tertiary/aromatic N) is 3. The molecular formula is C22H23N5OS2. The standard InChI is InChI=1S/C22H23N5OS2/c1-5-18(28)21-13(4)30-22(27-21)15-10-23-20(9-17(15)25-12(2)3)26-14-6-7-16-19(8-14)29-11-24-16/h6-12H,5H2,1-4H3,(H2,23,25,26). The lowest BCUT2D eigenvalue weighted by molar-refractivity contribution is 0.0983. The van der Waals surface area contributed by atoms with Gasteiger partial charge in [-0.15, -0.1) is 22.7 Å². The van der Waals surface area contributed by atoms with Crippen molar-refractivity contribution in [3.63, 3.8) is 0 Å². The zero-order chi connectivity index (χ0) is 21.3. The molecule has 0 aliphatic rings. The van der Waals surface area contributed by atoms with Gasteiger partial charge in [-0.3, -0.25) is 4.79 Å². The Balaban J connectivity index is 1.69. The first-order chi connectivity index (χ1) is 14.4. The van der Waals surface area contributed by atoms with E-state index in [1.54, 1.807) is 11.3 Å². The molecule has 0 amide bonds. The molecule has 0 saturated heterocycles. The third kappa shape index (κ3) is 4.20. The van der Waals surface area contributed by atoms with E-state index in [4.69, 9.17) is 0 Å². The molecule has 4 rings (SSSR count). The summed E-state index contributed by atoms with van der Waals surface area (Å²) in [7, 11) is 0. The Labute approximate surface area is 183 Å². The molecule has 8 heteroatoms. The van der Waals surface area contributed by atoms with Crippen LogP contribution in [0.4, 0.5) is 17.2 Å². The van der Waals surface area contributed by atoms with Crippen LogP contribution in [0.1, 0.15) is 42.6 Å². The van der Waals surface area contributed by atoms with Crippen LogP contribution in [0.25, 0.3) is 20.8 Å². The van der Waals surface area contributed by atoms with Gasteiger partial charge in [-0.25, -0.2) is 15.0 Å². The van der Waals surface area contributed by atoms with Gasteiger partial charge in [0.1, 0.15) is 16.5 Å². The highest BCUT2D eigenvalue weighted by Crippen LogP contribution is 2.35. The molecule has 3 heterocycles. The van der Waals surface area contributed by atoms with E-state index in [0.717, 1.165) is 42.9 Å². The molecule has 0 unspecified atom stereocenters. The molecular weight excluding hydrogens is 414 g/mol. The van der Waals surface area contributed by atoms with Crippen molar-refractivity contribution in [2.45, 2.75) is 40.2 Å². The van der Waals surface area contributed by atoms with Gasteiger partial charge in [0.05, 0.1) is 21.3 Å². The molecule has 0 fully saturated rings. The molecule has 0 radical (unpaired) electrons. The Morgan fingerprint density at radius 3 is 2.80 bits per heavy atom. The van der Waals surface area contributed by atoms with Gasteiger partial charge in [-0.1, -0.05) is 6.92 Å². The predicted molar refractivity (Wildman–Crippen MR) is 126 cm³/mol. The van der Waals surface area contributed by atoms with Crippen molar-refractivity contribution in [2.75, 3.05) is 10.6 Å². The van der Waals surface area contributed by atoms with Crippen LogP contribution in [0.2, 0.25) is 0 Å². The minimum atomic E-state index is 0.0677. The first-order valence-electron chi connectivity index (χ1n) is 9.82. The SMILES string of the molecule is CCC(=O)c1nc(-c2cnc(Nc3ccc4ncsc4c3)cc2NC(C)C)sc1C. The number of hydrogen-bond acceptors (Lipinski definition) is 8. The van der Waals surface area contributed by atoms with Crippen molar-refractivity contribution in [1.82, 2.24) is 15.0 Å². The van der Waals surface area contributed by atoms with Crippen LogP contribution in [0, 0.1) is 6.92 Å². The minimum absolute atomic E-state index is 0.0677. The Kier molecular flexibility index (Phi) is 5.78. The van der Waals surface area contributed by atoms with Crippen LogP contribution in [-0.4, -0.2) is 26.8 Å². The number of benzene rings is 1. The van der Waals surface area contributed by atoms with E-state index in [9.17, 15) is 4.79 Å². The number of thiazole rings is 2. The number of ketones is 1. The summed E-state index contributed by atoms with van der Waals surface area (Å²) in [6.07, 6.45) is 2.27. The molecule has 0 aliphatic heterocycles. The second-order valence-corrected chi connectivity index (χ2v) is 9.36. The van der Waals surface area contributed by atoms with Crippen LogP contribution in [0.5, 0.6) is 0 Å². The van der Waals surface area contributed by atoms with E-state index < -0.39 is 0 Å². The fraction of sp³-hybridized carbons (Fsp3) is 0.273. The quantitative estimate of drug-likeness (QED) is 0.331. The topological polar surface area (TPSA) is 79.8 Å². The summed E-state index contributed by atoms with van der Waals surface area (Å²) in [5.74, 6) is 0.807. The Bertz CT molecular complexity index is 1210. The fourth-order valence-electron chi connectivity index (χ4n) is 3.14. The number of anilines is 3. The molecule has 30 heavy (non-hydrogen) atoms. The molecule has 0 bridgehead atoms. The number of aryl methyl sites for hydroxylation is 1. The first-order valence-corrected chi connectivity index (χ1v) is 11.5. The highest BCUT2D eigenvalue weighted by atomic mass is 32.1. The molecule has 4 aromatic rings. The third-order valence-electron chi connectivity index (χ3n) is 4.56. The van der Waals surface area contributed by atoms with Crippen molar-refractivity contribution in [1.29, 1.82) is 0 Å². The highest BCUT2D eigenvalue weighted by molar-refractivity contribution is 7.16. The first kappa shape index (κ1) is 20.4. The summed E-state index contributed by atoms with van der Waals surface area (Å²) >= 11 is 3.14.